The average Bonchev–Trinajstić information content (AvgIpc) is 2.27. The molecule has 0 aliphatic heterocycles. The van der Waals surface area contributed by atoms with Gasteiger partial charge in [-0.1, -0.05) is 0 Å². The molecule has 58 valence electrons. The van der Waals surface area contributed by atoms with E-state index in [1.807, 2.05) is 25.3 Å². The molecule has 0 unspecified atom stereocenters. The van der Waals surface area contributed by atoms with Crippen LogP contribution in [0.2, 0.25) is 0 Å². The molecule has 0 spiro atoms. The fraction of sp³-hybridized carbons (Fsp3) is 0.143. The van der Waals surface area contributed by atoms with Gasteiger partial charge in [-0.2, -0.15) is 5.10 Å². The van der Waals surface area contributed by atoms with Gasteiger partial charge >= 0.3 is 0 Å². The third kappa shape index (κ3) is 1.33. The number of halogens is 1. The Hall–Kier alpha value is -1.09. The van der Waals surface area contributed by atoms with Crippen molar-refractivity contribution in [1.29, 1.82) is 0 Å². The first kappa shape index (κ1) is 8.01. The van der Waals surface area contributed by atoms with E-state index in [1.165, 1.54) is 0 Å². The quantitative estimate of drug-likeness (QED) is 0.598. The second-order valence-corrected chi connectivity index (χ2v) is 2.21. The molecular weight excluding hydrogens is 162 g/mol. The first-order valence-corrected chi connectivity index (χ1v) is 3.13. The van der Waals surface area contributed by atoms with Crippen LogP contribution in [0.4, 0.5) is 0 Å². The van der Waals surface area contributed by atoms with Crippen LogP contribution in [0.1, 0.15) is 5.69 Å². The third-order valence-corrected chi connectivity index (χ3v) is 1.36. The Balaban J connectivity index is 0.000000605. The summed E-state index contributed by atoms with van der Waals surface area (Å²) in [6.07, 6.45) is 3.64. The lowest BCUT2D eigenvalue weighted by Crippen LogP contribution is -1.85. The standard InChI is InChI=1S/C7H7N3.ClH/c1-6-5-10-7(9-6)3-2-4-8-10;/h2-5H,1H3;1H. The van der Waals surface area contributed by atoms with Gasteiger partial charge < -0.3 is 0 Å². The number of fused-ring (bicyclic) bond motifs is 1. The van der Waals surface area contributed by atoms with Crippen LogP contribution in [0.25, 0.3) is 5.65 Å². The Kier molecular flexibility index (Phi) is 2.10. The summed E-state index contributed by atoms with van der Waals surface area (Å²) in [5, 5.41) is 4.06. The van der Waals surface area contributed by atoms with Crippen molar-refractivity contribution in [2.75, 3.05) is 0 Å². The molecule has 0 saturated carbocycles. The summed E-state index contributed by atoms with van der Waals surface area (Å²) in [7, 11) is 0. The maximum absolute atomic E-state index is 4.21. The van der Waals surface area contributed by atoms with E-state index >= 15 is 0 Å². The number of rotatable bonds is 0. The predicted molar refractivity (Wildman–Crippen MR) is 45.0 cm³/mol. The molecular formula is C7H8ClN3. The predicted octanol–water partition coefficient (Wildman–Crippen LogP) is 1.46. The summed E-state index contributed by atoms with van der Waals surface area (Å²) in [5.74, 6) is 0. The smallest absolute Gasteiger partial charge is 0.153 e. The number of aromatic nitrogens is 3. The number of aryl methyl sites for hydroxylation is 1. The molecule has 0 amide bonds. The minimum Gasteiger partial charge on any atom is -0.232 e. The van der Waals surface area contributed by atoms with Gasteiger partial charge in [-0.3, -0.25) is 0 Å². The summed E-state index contributed by atoms with van der Waals surface area (Å²) in [5.41, 5.74) is 1.90. The van der Waals surface area contributed by atoms with Gasteiger partial charge in [0, 0.05) is 6.20 Å². The topological polar surface area (TPSA) is 30.2 Å². The van der Waals surface area contributed by atoms with Gasteiger partial charge in [-0.25, -0.2) is 9.50 Å². The highest BCUT2D eigenvalue weighted by atomic mass is 35.5. The van der Waals surface area contributed by atoms with Crippen molar-refractivity contribution < 1.29 is 0 Å². The lowest BCUT2D eigenvalue weighted by atomic mass is 10.6. The molecule has 0 bridgehead atoms. The van der Waals surface area contributed by atoms with Crippen LogP contribution in [0, 0.1) is 6.92 Å². The largest absolute Gasteiger partial charge is 0.232 e. The van der Waals surface area contributed by atoms with Gasteiger partial charge in [0.25, 0.3) is 0 Å². The maximum atomic E-state index is 4.21. The van der Waals surface area contributed by atoms with Crippen molar-refractivity contribution in [3.63, 3.8) is 0 Å². The zero-order chi connectivity index (χ0) is 6.97. The minimum atomic E-state index is 0. The van der Waals surface area contributed by atoms with E-state index in [-0.39, 0.29) is 12.4 Å². The van der Waals surface area contributed by atoms with Gasteiger partial charge in [0.15, 0.2) is 5.65 Å². The van der Waals surface area contributed by atoms with Crippen molar-refractivity contribution in [1.82, 2.24) is 14.6 Å². The summed E-state index contributed by atoms with van der Waals surface area (Å²) in [6.45, 7) is 1.95. The molecule has 3 nitrogen and oxygen atoms in total. The molecule has 2 aromatic rings. The highest BCUT2D eigenvalue weighted by Gasteiger charge is 1.93. The SMILES string of the molecule is Cc1cn2ncccc2n1.Cl. The Morgan fingerprint density at radius 3 is 3.00 bits per heavy atom. The minimum absolute atomic E-state index is 0. The molecule has 0 radical (unpaired) electrons. The average molecular weight is 170 g/mol. The molecule has 11 heavy (non-hydrogen) atoms. The highest BCUT2D eigenvalue weighted by Crippen LogP contribution is 1.99. The Morgan fingerprint density at radius 1 is 1.45 bits per heavy atom. The second-order valence-electron chi connectivity index (χ2n) is 2.21. The highest BCUT2D eigenvalue weighted by molar-refractivity contribution is 5.85. The molecule has 4 heteroatoms. The van der Waals surface area contributed by atoms with E-state index in [1.54, 1.807) is 10.7 Å². The van der Waals surface area contributed by atoms with Crippen LogP contribution < -0.4 is 0 Å². The first-order chi connectivity index (χ1) is 4.86. The molecule has 2 aromatic heterocycles. The van der Waals surface area contributed by atoms with Gasteiger partial charge in [-0.15, -0.1) is 12.4 Å². The monoisotopic (exact) mass is 169 g/mol. The van der Waals surface area contributed by atoms with E-state index in [9.17, 15) is 0 Å². The molecule has 0 aromatic carbocycles. The van der Waals surface area contributed by atoms with Crippen LogP contribution in [-0.4, -0.2) is 14.6 Å². The van der Waals surface area contributed by atoms with Crippen molar-refractivity contribution in [3.05, 3.63) is 30.2 Å². The van der Waals surface area contributed by atoms with Gasteiger partial charge in [0.2, 0.25) is 0 Å². The number of hydrogen-bond donors (Lipinski definition) is 0. The van der Waals surface area contributed by atoms with Crippen LogP contribution in [-0.2, 0) is 0 Å². The molecule has 0 aliphatic carbocycles. The van der Waals surface area contributed by atoms with Gasteiger partial charge in [-0.05, 0) is 19.1 Å². The zero-order valence-corrected chi connectivity index (χ0v) is 6.88. The van der Waals surface area contributed by atoms with Crippen LogP contribution >= 0.6 is 12.4 Å². The van der Waals surface area contributed by atoms with Gasteiger partial charge in [0.1, 0.15) is 0 Å². The Morgan fingerprint density at radius 2 is 2.27 bits per heavy atom. The first-order valence-electron chi connectivity index (χ1n) is 3.13. The number of hydrogen-bond acceptors (Lipinski definition) is 2. The van der Waals surface area contributed by atoms with Gasteiger partial charge in [0.05, 0.1) is 11.9 Å². The Bertz CT molecular complexity index is 322. The van der Waals surface area contributed by atoms with Crippen LogP contribution in [0.3, 0.4) is 0 Å². The molecule has 0 saturated heterocycles. The summed E-state index contributed by atoms with van der Waals surface area (Å²) < 4.78 is 1.76. The Labute approximate surface area is 70.5 Å². The lowest BCUT2D eigenvalue weighted by Gasteiger charge is -1.85. The van der Waals surface area contributed by atoms with E-state index in [0.29, 0.717) is 0 Å². The fourth-order valence-electron chi connectivity index (χ4n) is 0.949. The van der Waals surface area contributed by atoms with E-state index in [0.717, 1.165) is 11.3 Å². The van der Waals surface area contributed by atoms with Crippen LogP contribution in [0.15, 0.2) is 24.5 Å². The van der Waals surface area contributed by atoms with E-state index < -0.39 is 0 Å². The summed E-state index contributed by atoms with van der Waals surface area (Å²) >= 11 is 0. The normalized spacial score (nSPS) is 9.55. The summed E-state index contributed by atoms with van der Waals surface area (Å²) in [6, 6.07) is 3.81. The lowest BCUT2D eigenvalue weighted by molar-refractivity contribution is 0.934. The molecule has 0 atom stereocenters. The second kappa shape index (κ2) is 2.88. The van der Waals surface area contributed by atoms with E-state index in [2.05, 4.69) is 10.1 Å². The zero-order valence-electron chi connectivity index (χ0n) is 6.06. The van der Waals surface area contributed by atoms with Crippen molar-refractivity contribution in [2.45, 2.75) is 6.92 Å². The molecule has 0 N–H and O–H groups in total. The fourth-order valence-corrected chi connectivity index (χ4v) is 0.949. The third-order valence-electron chi connectivity index (χ3n) is 1.36. The number of imidazole rings is 1. The van der Waals surface area contributed by atoms with Crippen molar-refractivity contribution in [2.24, 2.45) is 0 Å². The molecule has 0 aliphatic rings. The van der Waals surface area contributed by atoms with E-state index in [4.69, 9.17) is 0 Å². The summed E-state index contributed by atoms with van der Waals surface area (Å²) in [4.78, 5) is 4.21. The number of nitrogens with zero attached hydrogens (tertiary/aromatic N) is 3. The molecule has 0 fully saturated rings. The van der Waals surface area contributed by atoms with Crippen molar-refractivity contribution in [3.8, 4) is 0 Å². The van der Waals surface area contributed by atoms with Crippen LogP contribution in [0.5, 0.6) is 0 Å². The van der Waals surface area contributed by atoms with Crippen molar-refractivity contribution >= 4 is 18.1 Å². The molecule has 2 heterocycles. The maximum Gasteiger partial charge on any atom is 0.153 e. The molecule has 2 rings (SSSR count).